The normalized spacial score (nSPS) is 17.7. The van der Waals surface area contributed by atoms with Gasteiger partial charge in [0.25, 0.3) is 0 Å². The number of amides is 1. The molecule has 0 spiro atoms. The van der Waals surface area contributed by atoms with Crippen LogP contribution < -0.4 is 0 Å². The summed E-state index contributed by atoms with van der Waals surface area (Å²) < 4.78 is 0. The third kappa shape index (κ3) is 5.12. The van der Waals surface area contributed by atoms with Gasteiger partial charge in [-0.2, -0.15) is 0 Å². The van der Waals surface area contributed by atoms with Crippen LogP contribution in [-0.2, 0) is 16.0 Å². The highest BCUT2D eigenvalue weighted by atomic mass is 32.1. The van der Waals surface area contributed by atoms with E-state index in [4.69, 9.17) is 0 Å². The van der Waals surface area contributed by atoms with Crippen LogP contribution in [0.3, 0.4) is 0 Å². The molecule has 7 nitrogen and oxygen atoms in total. The van der Waals surface area contributed by atoms with Crippen molar-refractivity contribution in [1.29, 1.82) is 0 Å². The number of carbonyl (C=O) groups is 2. The van der Waals surface area contributed by atoms with E-state index in [0.717, 1.165) is 58.0 Å². The van der Waals surface area contributed by atoms with Gasteiger partial charge in [0, 0.05) is 55.1 Å². The van der Waals surface area contributed by atoms with Crippen molar-refractivity contribution >= 4 is 33.8 Å². The number of aryl methyl sites for hydroxylation is 1. The molecule has 1 amide bonds. The number of carbonyl (C=O) groups excluding carboxylic acids is 2. The number of hydrogen-bond donors (Lipinski definition) is 0. The van der Waals surface area contributed by atoms with Crippen LogP contribution in [0.15, 0.2) is 30.7 Å². The SMILES string of the molecule is Cc1ncc(-c2cc3cc(CC(=O)C4CCN(C(=O)CN5CCCC5)CC4)ncc3cn2)s1. The number of rotatable bonds is 6. The molecule has 0 bridgehead atoms. The standard InChI is InChI=1S/C25H29N5O2S/c1-17-26-15-24(33-17)22-11-19-10-21(27-13-20(19)14-28-22)12-23(31)18-4-8-30(9-5-18)25(32)16-29-6-2-3-7-29/h10-11,13-15,18H,2-9,12,16H2,1H3. The smallest absolute Gasteiger partial charge is 0.236 e. The third-order valence-electron chi connectivity index (χ3n) is 6.75. The van der Waals surface area contributed by atoms with Gasteiger partial charge in [0.15, 0.2) is 0 Å². The lowest BCUT2D eigenvalue weighted by Gasteiger charge is -2.32. The van der Waals surface area contributed by atoms with Crippen molar-refractivity contribution in [2.75, 3.05) is 32.7 Å². The fourth-order valence-corrected chi connectivity index (χ4v) is 5.55. The summed E-state index contributed by atoms with van der Waals surface area (Å²) in [5.74, 6) is 0.437. The number of likely N-dealkylation sites (tertiary alicyclic amines) is 2. The maximum atomic E-state index is 13.0. The molecule has 0 saturated carbocycles. The fourth-order valence-electron chi connectivity index (χ4n) is 4.80. The molecular weight excluding hydrogens is 434 g/mol. The molecular formula is C25H29N5O2S. The molecule has 8 heteroatoms. The Labute approximate surface area is 197 Å². The van der Waals surface area contributed by atoms with Crippen molar-refractivity contribution < 1.29 is 9.59 Å². The highest BCUT2D eigenvalue weighted by molar-refractivity contribution is 7.15. The van der Waals surface area contributed by atoms with Gasteiger partial charge in [0.2, 0.25) is 5.91 Å². The second-order valence-electron chi connectivity index (χ2n) is 9.12. The van der Waals surface area contributed by atoms with Gasteiger partial charge >= 0.3 is 0 Å². The zero-order valence-electron chi connectivity index (χ0n) is 19.0. The monoisotopic (exact) mass is 463 g/mol. The molecule has 0 aromatic carbocycles. The quantitative estimate of drug-likeness (QED) is 0.557. The molecule has 2 saturated heterocycles. The minimum absolute atomic E-state index is 0.00602. The Hall–Kier alpha value is -2.71. The van der Waals surface area contributed by atoms with E-state index >= 15 is 0 Å². The topological polar surface area (TPSA) is 79.3 Å². The van der Waals surface area contributed by atoms with E-state index in [1.807, 2.05) is 36.4 Å². The van der Waals surface area contributed by atoms with Crippen molar-refractivity contribution in [3.05, 3.63) is 41.4 Å². The molecule has 172 valence electrons. The van der Waals surface area contributed by atoms with Crippen LogP contribution >= 0.6 is 11.3 Å². The number of Topliss-reactive ketones (excluding diaryl/α,β-unsaturated/α-hetero) is 1. The molecule has 0 N–H and O–H groups in total. The first-order chi connectivity index (χ1) is 16.0. The van der Waals surface area contributed by atoms with E-state index in [1.165, 1.54) is 12.8 Å². The molecule has 0 radical (unpaired) electrons. The second-order valence-corrected chi connectivity index (χ2v) is 10.4. The average Bonchev–Trinajstić information content (AvgIpc) is 3.50. The van der Waals surface area contributed by atoms with E-state index < -0.39 is 0 Å². The van der Waals surface area contributed by atoms with Gasteiger partial charge < -0.3 is 4.90 Å². The number of fused-ring (bicyclic) bond motifs is 1. The van der Waals surface area contributed by atoms with E-state index in [0.29, 0.717) is 26.1 Å². The van der Waals surface area contributed by atoms with Crippen LogP contribution in [0.5, 0.6) is 0 Å². The minimum atomic E-state index is 0.00602. The van der Waals surface area contributed by atoms with Gasteiger partial charge in [-0.25, -0.2) is 4.98 Å². The Kier molecular flexibility index (Phi) is 6.46. The number of aromatic nitrogens is 3. The predicted octanol–water partition coefficient (Wildman–Crippen LogP) is 3.51. The molecule has 5 rings (SSSR count). The zero-order chi connectivity index (χ0) is 22.8. The van der Waals surface area contributed by atoms with Crippen LogP contribution in [0, 0.1) is 12.8 Å². The number of thiazole rings is 1. The molecule has 0 aliphatic carbocycles. The van der Waals surface area contributed by atoms with Gasteiger partial charge in [-0.3, -0.25) is 24.5 Å². The summed E-state index contributed by atoms with van der Waals surface area (Å²) in [5, 5.41) is 3.00. The van der Waals surface area contributed by atoms with Crippen molar-refractivity contribution in [1.82, 2.24) is 24.8 Å². The molecule has 2 aliphatic heterocycles. The first-order valence-corrected chi connectivity index (χ1v) is 12.6. The van der Waals surface area contributed by atoms with Gasteiger partial charge in [0.1, 0.15) is 5.78 Å². The summed E-state index contributed by atoms with van der Waals surface area (Å²) in [4.78, 5) is 44.1. The average molecular weight is 464 g/mol. The van der Waals surface area contributed by atoms with Crippen molar-refractivity contribution in [2.24, 2.45) is 5.92 Å². The lowest BCUT2D eigenvalue weighted by atomic mass is 9.90. The fraction of sp³-hybridized carbons (Fsp3) is 0.480. The molecule has 0 atom stereocenters. The Morgan fingerprint density at radius 3 is 2.45 bits per heavy atom. The minimum Gasteiger partial charge on any atom is -0.342 e. The maximum absolute atomic E-state index is 13.0. The van der Waals surface area contributed by atoms with E-state index in [-0.39, 0.29) is 17.6 Å². The first-order valence-electron chi connectivity index (χ1n) is 11.8. The lowest BCUT2D eigenvalue weighted by Crippen LogP contribution is -2.44. The summed E-state index contributed by atoms with van der Waals surface area (Å²) in [6.45, 7) is 5.92. The summed E-state index contributed by atoms with van der Waals surface area (Å²) in [5.41, 5.74) is 1.68. The van der Waals surface area contributed by atoms with E-state index in [2.05, 4.69) is 19.9 Å². The summed E-state index contributed by atoms with van der Waals surface area (Å²) in [7, 11) is 0. The van der Waals surface area contributed by atoms with Crippen molar-refractivity contribution in [2.45, 2.75) is 39.0 Å². The largest absolute Gasteiger partial charge is 0.342 e. The highest BCUT2D eigenvalue weighted by Gasteiger charge is 2.28. The summed E-state index contributed by atoms with van der Waals surface area (Å²) in [6.07, 6.45) is 9.68. The maximum Gasteiger partial charge on any atom is 0.236 e. The molecule has 33 heavy (non-hydrogen) atoms. The Balaban J connectivity index is 1.19. The Bertz CT molecular complexity index is 1160. The third-order valence-corrected chi connectivity index (χ3v) is 7.68. The molecule has 3 aromatic heterocycles. The van der Waals surface area contributed by atoms with Crippen LogP contribution in [0.25, 0.3) is 21.3 Å². The van der Waals surface area contributed by atoms with Crippen molar-refractivity contribution in [3.8, 4) is 10.6 Å². The molecule has 2 fully saturated rings. The number of hydrogen-bond acceptors (Lipinski definition) is 7. The number of ketones is 1. The van der Waals surface area contributed by atoms with E-state index in [1.54, 1.807) is 17.5 Å². The van der Waals surface area contributed by atoms with Gasteiger partial charge in [0.05, 0.1) is 22.1 Å². The highest BCUT2D eigenvalue weighted by Crippen LogP contribution is 2.27. The van der Waals surface area contributed by atoms with Crippen LogP contribution in [0.4, 0.5) is 0 Å². The van der Waals surface area contributed by atoms with Crippen molar-refractivity contribution in [3.63, 3.8) is 0 Å². The second kappa shape index (κ2) is 9.65. The molecule has 0 unspecified atom stereocenters. The Morgan fingerprint density at radius 1 is 0.970 bits per heavy atom. The summed E-state index contributed by atoms with van der Waals surface area (Å²) >= 11 is 1.62. The summed E-state index contributed by atoms with van der Waals surface area (Å²) in [6, 6.07) is 4.05. The number of piperidine rings is 1. The van der Waals surface area contributed by atoms with E-state index in [9.17, 15) is 9.59 Å². The first kappa shape index (κ1) is 22.1. The van der Waals surface area contributed by atoms with Crippen LogP contribution in [0.1, 0.15) is 36.4 Å². The molecule has 2 aliphatic rings. The van der Waals surface area contributed by atoms with Crippen LogP contribution in [-0.4, -0.2) is 69.2 Å². The van der Waals surface area contributed by atoms with Gasteiger partial charge in [-0.1, -0.05) is 0 Å². The Morgan fingerprint density at radius 2 is 1.73 bits per heavy atom. The van der Waals surface area contributed by atoms with Gasteiger partial charge in [-0.15, -0.1) is 11.3 Å². The van der Waals surface area contributed by atoms with Gasteiger partial charge in [-0.05, 0) is 63.2 Å². The van der Waals surface area contributed by atoms with Crippen LogP contribution in [0.2, 0.25) is 0 Å². The molecule has 3 aromatic rings. The zero-order valence-corrected chi connectivity index (χ0v) is 19.8. The predicted molar refractivity (Wildman–Crippen MR) is 129 cm³/mol. The molecule has 5 heterocycles. The lowest BCUT2D eigenvalue weighted by molar-refractivity contribution is -0.135. The number of nitrogens with zero attached hydrogens (tertiary/aromatic N) is 5. The number of pyridine rings is 2.